The van der Waals surface area contributed by atoms with Crippen LogP contribution in [0.25, 0.3) is 0 Å². The maximum absolute atomic E-state index is 12.7. The average Bonchev–Trinajstić information content (AvgIpc) is 2.55. The maximum atomic E-state index is 12.7. The molecule has 21 heavy (non-hydrogen) atoms. The third-order valence-electron chi connectivity index (χ3n) is 4.38. The van der Waals surface area contributed by atoms with E-state index < -0.39 is 5.41 Å². The maximum Gasteiger partial charge on any atom is 0.308 e. The van der Waals surface area contributed by atoms with Crippen molar-refractivity contribution in [3.05, 3.63) is 0 Å². The summed E-state index contributed by atoms with van der Waals surface area (Å²) in [5.41, 5.74) is -0.870. The second-order valence-electron chi connectivity index (χ2n) is 5.78. The molecule has 1 heterocycles. The van der Waals surface area contributed by atoms with Crippen molar-refractivity contribution < 1.29 is 19.1 Å². The van der Waals surface area contributed by atoms with Gasteiger partial charge in [-0.25, -0.2) is 0 Å². The van der Waals surface area contributed by atoms with Crippen molar-refractivity contribution in [2.45, 2.75) is 44.6 Å². The molecule has 1 saturated heterocycles. The zero-order valence-corrected chi connectivity index (χ0v) is 12.5. The van der Waals surface area contributed by atoms with Crippen LogP contribution in [0.2, 0.25) is 0 Å². The van der Waals surface area contributed by atoms with Crippen molar-refractivity contribution in [1.29, 1.82) is 5.26 Å². The molecule has 0 N–H and O–H groups in total. The van der Waals surface area contributed by atoms with Gasteiger partial charge in [0, 0.05) is 13.1 Å². The van der Waals surface area contributed by atoms with Crippen molar-refractivity contribution in [1.82, 2.24) is 4.90 Å². The van der Waals surface area contributed by atoms with E-state index in [9.17, 15) is 14.9 Å². The highest BCUT2D eigenvalue weighted by Crippen LogP contribution is 2.37. The monoisotopic (exact) mass is 294 g/mol. The molecule has 2 fully saturated rings. The number of nitrogens with zero attached hydrogens (tertiary/aromatic N) is 2. The molecule has 6 heteroatoms. The number of carbonyl (C=O) groups excluding carboxylic acids is 2. The lowest BCUT2D eigenvalue weighted by Crippen LogP contribution is -2.52. The molecule has 0 aromatic heterocycles. The van der Waals surface area contributed by atoms with Gasteiger partial charge in [-0.1, -0.05) is 19.3 Å². The van der Waals surface area contributed by atoms with Gasteiger partial charge in [-0.2, -0.15) is 5.26 Å². The number of morpholine rings is 1. The molecule has 1 amide bonds. The van der Waals surface area contributed by atoms with Gasteiger partial charge in [0.05, 0.1) is 32.3 Å². The molecule has 1 unspecified atom stereocenters. The van der Waals surface area contributed by atoms with E-state index in [-0.39, 0.29) is 24.4 Å². The van der Waals surface area contributed by atoms with Gasteiger partial charge in [0.25, 0.3) is 0 Å². The number of hydrogen-bond donors (Lipinski definition) is 0. The highest BCUT2D eigenvalue weighted by molar-refractivity contribution is 5.85. The molecule has 1 atom stereocenters. The minimum Gasteiger partial charge on any atom is -0.469 e. The first-order valence-corrected chi connectivity index (χ1v) is 7.50. The highest BCUT2D eigenvalue weighted by Gasteiger charge is 2.43. The van der Waals surface area contributed by atoms with E-state index in [0.29, 0.717) is 32.5 Å². The molecule has 6 nitrogen and oxygen atoms in total. The summed E-state index contributed by atoms with van der Waals surface area (Å²) in [5.74, 6) is -0.440. The van der Waals surface area contributed by atoms with Crippen LogP contribution in [0.4, 0.5) is 0 Å². The van der Waals surface area contributed by atoms with Crippen LogP contribution in [0.1, 0.15) is 38.5 Å². The first-order chi connectivity index (χ1) is 10.1. The quantitative estimate of drug-likeness (QED) is 0.732. The van der Waals surface area contributed by atoms with Gasteiger partial charge in [-0.3, -0.25) is 9.59 Å². The van der Waals surface area contributed by atoms with E-state index in [1.807, 2.05) is 0 Å². The van der Waals surface area contributed by atoms with E-state index in [1.54, 1.807) is 4.90 Å². The summed E-state index contributed by atoms with van der Waals surface area (Å²) < 4.78 is 10.1. The van der Waals surface area contributed by atoms with E-state index in [4.69, 9.17) is 4.74 Å². The smallest absolute Gasteiger partial charge is 0.308 e. The predicted octanol–water partition coefficient (Wildman–Crippen LogP) is 1.25. The zero-order valence-electron chi connectivity index (χ0n) is 12.5. The van der Waals surface area contributed by atoms with Gasteiger partial charge >= 0.3 is 5.97 Å². The fraction of sp³-hybridized carbons (Fsp3) is 0.800. The molecule has 1 aliphatic heterocycles. The van der Waals surface area contributed by atoms with Crippen molar-refractivity contribution >= 4 is 11.9 Å². The number of esters is 1. The van der Waals surface area contributed by atoms with Crippen LogP contribution in [-0.2, 0) is 19.1 Å². The van der Waals surface area contributed by atoms with Crippen molar-refractivity contribution in [3.8, 4) is 6.07 Å². The number of carbonyl (C=O) groups is 2. The second-order valence-corrected chi connectivity index (χ2v) is 5.78. The Bertz CT molecular complexity index is 437. The summed E-state index contributed by atoms with van der Waals surface area (Å²) in [6, 6.07) is 2.26. The molecule has 0 aromatic rings. The molecule has 0 spiro atoms. The Labute approximate surface area is 125 Å². The Balaban J connectivity index is 2.01. The molecule has 0 aromatic carbocycles. The van der Waals surface area contributed by atoms with Gasteiger partial charge in [-0.15, -0.1) is 0 Å². The summed E-state index contributed by atoms with van der Waals surface area (Å²) in [7, 11) is 1.33. The fourth-order valence-electron chi connectivity index (χ4n) is 3.13. The number of nitriles is 1. The van der Waals surface area contributed by atoms with E-state index in [0.717, 1.165) is 19.3 Å². The molecule has 1 saturated carbocycles. The molecule has 2 rings (SSSR count). The third-order valence-corrected chi connectivity index (χ3v) is 4.38. The summed E-state index contributed by atoms with van der Waals surface area (Å²) in [5, 5.41) is 9.49. The van der Waals surface area contributed by atoms with E-state index in [1.165, 1.54) is 7.11 Å². The number of methoxy groups -OCH3 is 1. The summed E-state index contributed by atoms with van der Waals surface area (Å²) in [6.07, 6.45) is 4.02. The fourth-order valence-corrected chi connectivity index (χ4v) is 3.13. The van der Waals surface area contributed by atoms with Crippen LogP contribution in [0.3, 0.4) is 0 Å². The first kappa shape index (κ1) is 15.8. The average molecular weight is 294 g/mol. The predicted molar refractivity (Wildman–Crippen MR) is 74.1 cm³/mol. The second kappa shape index (κ2) is 6.90. The normalized spacial score (nSPS) is 25.0. The lowest BCUT2D eigenvalue weighted by molar-refractivity contribution is -0.154. The van der Waals surface area contributed by atoms with Gasteiger partial charge < -0.3 is 14.4 Å². The van der Waals surface area contributed by atoms with Gasteiger partial charge in [0.2, 0.25) is 5.91 Å². The minimum atomic E-state index is -0.870. The van der Waals surface area contributed by atoms with Crippen molar-refractivity contribution in [3.63, 3.8) is 0 Å². The molecule has 0 bridgehead atoms. The van der Waals surface area contributed by atoms with Gasteiger partial charge in [0.15, 0.2) is 0 Å². The van der Waals surface area contributed by atoms with E-state index >= 15 is 0 Å². The van der Waals surface area contributed by atoms with Crippen LogP contribution in [0.5, 0.6) is 0 Å². The SMILES string of the molecule is COC(=O)CC1CN(C(=O)C2(C#N)CCCCC2)CCO1. The van der Waals surface area contributed by atoms with Crippen LogP contribution in [0, 0.1) is 16.7 Å². The van der Waals surface area contributed by atoms with Gasteiger partial charge in [-0.05, 0) is 12.8 Å². The summed E-state index contributed by atoms with van der Waals surface area (Å²) in [6.45, 7) is 1.24. The van der Waals surface area contributed by atoms with Crippen LogP contribution < -0.4 is 0 Å². The molecule has 1 aliphatic carbocycles. The Kier molecular flexibility index (Phi) is 5.18. The standard InChI is InChI=1S/C15H22N2O4/c1-20-13(18)9-12-10-17(7-8-21-12)14(19)15(11-16)5-3-2-4-6-15/h12H,2-10H2,1H3. The Morgan fingerprint density at radius 2 is 2.10 bits per heavy atom. The summed E-state index contributed by atoms with van der Waals surface area (Å²) in [4.78, 5) is 25.7. The number of rotatable bonds is 3. The Hall–Kier alpha value is -1.61. The van der Waals surface area contributed by atoms with E-state index in [2.05, 4.69) is 10.8 Å². The minimum absolute atomic E-state index is 0.0946. The lowest BCUT2D eigenvalue weighted by Gasteiger charge is -2.38. The zero-order chi connectivity index (χ0) is 15.3. The Morgan fingerprint density at radius 3 is 2.71 bits per heavy atom. The summed E-state index contributed by atoms with van der Waals surface area (Å²) >= 11 is 0. The van der Waals surface area contributed by atoms with Crippen LogP contribution in [0.15, 0.2) is 0 Å². The van der Waals surface area contributed by atoms with Crippen molar-refractivity contribution in [2.24, 2.45) is 5.41 Å². The number of amides is 1. The Morgan fingerprint density at radius 1 is 1.38 bits per heavy atom. The largest absolute Gasteiger partial charge is 0.469 e. The third kappa shape index (κ3) is 3.53. The van der Waals surface area contributed by atoms with Crippen molar-refractivity contribution in [2.75, 3.05) is 26.8 Å². The topological polar surface area (TPSA) is 79.6 Å². The highest BCUT2D eigenvalue weighted by atomic mass is 16.5. The molecular weight excluding hydrogens is 272 g/mol. The lowest BCUT2D eigenvalue weighted by atomic mass is 9.74. The van der Waals surface area contributed by atoms with Gasteiger partial charge in [0.1, 0.15) is 5.41 Å². The number of hydrogen-bond acceptors (Lipinski definition) is 5. The van der Waals surface area contributed by atoms with Crippen LogP contribution in [-0.4, -0.2) is 49.7 Å². The molecular formula is C15H22N2O4. The number of ether oxygens (including phenoxy) is 2. The van der Waals surface area contributed by atoms with Crippen LogP contribution >= 0.6 is 0 Å². The molecule has 116 valence electrons. The molecule has 2 aliphatic rings. The molecule has 0 radical (unpaired) electrons. The first-order valence-electron chi connectivity index (χ1n) is 7.50.